The molecular weight excluding hydrogens is 388 g/mol. The Balaban J connectivity index is 2.05. The van der Waals surface area contributed by atoms with Gasteiger partial charge in [-0.3, -0.25) is 9.59 Å². The number of benzene rings is 2. The number of hydrogen-bond acceptors (Lipinski definition) is 3. The molecule has 0 radical (unpaired) electrons. The Labute approximate surface area is 186 Å². The molecule has 2 aromatic rings. The van der Waals surface area contributed by atoms with Crippen LogP contribution < -0.4 is 10.1 Å². The second kappa shape index (κ2) is 12.1. The van der Waals surface area contributed by atoms with E-state index in [1.54, 1.807) is 11.8 Å². The second-order valence-electron chi connectivity index (χ2n) is 8.33. The first-order valence-electron chi connectivity index (χ1n) is 11.2. The normalized spacial score (nSPS) is 12.8. The Hall–Kier alpha value is -2.82. The summed E-state index contributed by atoms with van der Waals surface area (Å²) < 4.78 is 5.74. The van der Waals surface area contributed by atoms with Crippen LogP contribution in [0.1, 0.15) is 58.1 Å². The minimum absolute atomic E-state index is 0.0664. The Bertz CT molecular complexity index is 818. The number of rotatable bonds is 11. The summed E-state index contributed by atoms with van der Waals surface area (Å²) in [5.74, 6) is 0.749. The summed E-state index contributed by atoms with van der Waals surface area (Å²) in [6.45, 7) is 10.4. The molecule has 2 rings (SSSR count). The maximum Gasteiger partial charge on any atom is 0.261 e. The van der Waals surface area contributed by atoms with E-state index in [1.807, 2.05) is 68.4 Å². The lowest BCUT2D eigenvalue weighted by molar-refractivity contribution is -0.141. The smallest absolute Gasteiger partial charge is 0.261 e. The maximum absolute atomic E-state index is 13.0. The summed E-state index contributed by atoms with van der Waals surface area (Å²) in [6.07, 6.45) is 1.52. The molecule has 0 aliphatic carbocycles. The van der Waals surface area contributed by atoms with Crippen molar-refractivity contribution in [1.82, 2.24) is 10.2 Å². The summed E-state index contributed by atoms with van der Waals surface area (Å²) in [7, 11) is 0. The molecule has 0 spiro atoms. The topological polar surface area (TPSA) is 58.6 Å². The molecule has 0 aromatic heterocycles. The molecule has 5 heteroatoms. The van der Waals surface area contributed by atoms with Gasteiger partial charge in [0.05, 0.1) is 0 Å². The van der Waals surface area contributed by atoms with Crippen molar-refractivity contribution < 1.29 is 14.3 Å². The van der Waals surface area contributed by atoms with E-state index >= 15 is 0 Å². The highest BCUT2D eigenvalue weighted by Crippen LogP contribution is 2.18. The van der Waals surface area contributed by atoms with Crippen LogP contribution in [0.3, 0.4) is 0 Å². The van der Waals surface area contributed by atoms with Crippen molar-refractivity contribution in [3.63, 3.8) is 0 Å². The molecule has 0 aliphatic rings. The molecule has 0 bridgehead atoms. The predicted octanol–water partition coefficient (Wildman–Crippen LogP) is 4.56. The number of ether oxygens (including phenoxy) is 1. The highest BCUT2D eigenvalue weighted by Gasteiger charge is 2.26. The number of carbonyl (C=O) groups is 2. The lowest BCUT2D eigenvalue weighted by Crippen LogP contribution is -2.51. The Morgan fingerprint density at radius 2 is 1.61 bits per heavy atom. The number of carbonyl (C=O) groups excluding carboxylic acids is 2. The van der Waals surface area contributed by atoms with E-state index in [1.165, 1.54) is 5.56 Å². The zero-order valence-electron chi connectivity index (χ0n) is 19.4. The first kappa shape index (κ1) is 24.4. The SMILES string of the molecule is CC[C@H](C)NC(=O)[C@H](C)N(CCc1ccccc1)C(=O)COc1ccc(C(C)C)cc1. The zero-order valence-corrected chi connectivity index (χ0v) is 19.4. The van der Waals surface area contributed by atoms with Crippen LogP contribution in [0.25, 0.3) is 0 Å². The average Bonchev–Trinajstić information content (AvgIpc) is 2.78. The van der Waals surface area contributed by atoms with Gasteiger partial charge in [0, 0.05) is 12.6 Å². The summed E-state index contributed by atoms with van der Waals surface area (Å²) in [5.41, 5.74) is 2.35. The zero-order chi connectivity index (χ0) is 22.8. The van der Waals surface area contributed by atoms with E-state index in [0.717, 1.165) is 12.0 Å². The number of nitrogens with zero attached hydrogens (tertiary/aromatic N) is 1. The predicted molar refractivity (Wildman–Crippen MR) is 125 cm³/mol. The van der Waals surface area contributed by atoms with Crippen molar-refractivity contribution in [2.75, 3.05) is 13.2 Å². The van der Waals surface area contributed by atoms with Gasteiger partial charge < -0.3 is 15.0 Å². The Morgan fingerprint density at radius 1 is 0.968 bits per heavy atom. The molecule has 2 amide bonds. The largest absolute Gasteiger partial charge is 0.484 e. The molecule has 2 aromatic carbocycles. The van der Waals surface area contributed by atoms with Gasteiger partial charge in [0.15, 0.2) is 6.61 Å². The molecule has 2 atom stereocenters. The molecule has 0 unspecified atom stereocenters. The van der Waals surface area contributed by atoms with Crippen LogP contribution in [0.5, 0.6) is 5.75 Å². The fourth-order valence-corrected chi connectivity index (χ4v) is 3.21. The fourth-order valence-electron chi connectivity index (χ4n) is 3.21. The van der Waals surface area contributed by atoms with E-state index < -0.39 is 6.04 Å². The van der Waals surface area contributed by atoms with E-state index in [2.05, 4.69) is 19.2 Å². The van der Waals surface area contributed by atoms with Gasteiger partial charge in [-0.1, -0.05) is 63.2 Å². The van der Waals surface area contributed by atoms with E-state index in [-0.39, 0.29) is 24.5 Å². The number of hydrogen-bond donors (Lipinski definition) is 1. The molecule has 1 N–H and O–H groups in total. The lowest BCUT2D eigenvalue weighted by Gasteiger charge is -2.29. The first-order chi connectivity index (χ1) is 14.8. The van der Waals surface area contributed by atoms with Crippen LogP contribution in [-0.4, -0.2) is 41.9 Å². The van der Waals surface area contributed by atoms with E-state index in [4.69, 9.17) is 4.74 Å². The minimum atomic E-state index is -0.572. The van der Waals surface area contributed by atoms with Crippen molar-refractivity contribution in [3.8, 4) is 5.75 Å². The van der Waals surface area contributed by atoms with Crippen molar-refractivity contribution in [1.29, 1.82) is 0 Å². The molecule has 0 heterocycles. The third-order valence-corrected chi connectivity index (χ3v) is 5.56. The summed E-state index contributed by atoms with van der Waals surface area (Å²) in [5, 5.41) is 2.98. The van der Waals surface area contributed by atoms with Gasteiger partial charge in [-0.15, -0.1) is 0 Å². The molecule has 31 heavy (non-hydrogen) atoms. The average molecular weight is 425 g/mol. The third-order valence-electron chi connectivity index (χ3n) is 5.56. The van der Waals surface area contributed by atoms with Gasteiger partial charge in [0.25, 0.3) is 5.91 Å². The van der Waals surface area contributed by atoms with Crippen LogP contribution in [0.15, 0.2) is 54.6 Å². The van der Waals surface area contributed by atoms with Crippen molar-refractivity contribution in [3.05, 3.63) is 65.7 Å². The van der Waals surface area contributed by atoms with E-state index in [0.29, 0.717) is 24.6 Å². The number of amides is 2. The molecule has 0 saturated heterocycles. The molecule has 5 nitrogen and oxygen atoms in total. The minimum Gasteiger partial charge on any atom is -0.484 e. The Morgan fingerprint density at radius 3 is 2.19 bits per heavy atom. The van der Waals surface area contributed by atoms with Crippen LogP contribution in [0, 0.1) is 0 Å². The van der Waals surface area contributed by atoms with Gasteiger partial charge in [-0.05, 0) is 55.9 Å². The second-order valence-corrected chi connectivity index (χ2v) is 8.33. The highest BCUT2D eigenvalue weighted by molar-refractivity contribution is 5.88. The van der Waals surface area contributed by atoms with Crippen LogP contribution in [-0.2, 0) is 16.0 Å². The van der Waals surface area contributed by atoms with Gasteiger partial charge in [-0.25, -0.2) is 0 Å². The maximum atomic E-state index is 13.0. The van der Waals surface area contributed by atoms with Gasteiger partial charge in [0.1, 0.15) is 11.8 Å². The monoisotopic (exact) mass is 424 g/mol. The van der Waals surface area contributed by atoms with Crippen molar-refractivity contribution >= 4 is 11.8 Å². The number of nitrogens with one attached hydrogen (secondary N) is 1. The fraction of sp³-hybridized carbons (Fsp3) is 0.462. The lowest BCUT2D eigenvalue weighted by atomic mass is 10.0. The highest BCUT2D eigenvalue weighted by atomic mass is 16.5. The molecule has 0 fully saturated rings. The van der Waals surface area contributed by atoms with Gasteiger partial charge in [-0.2, -0.15) is 0 Å². The van der Waals surface area contributed by atoms with E-state index in [9.17, 15) is 9.59 Å². The van der Waals surface area contributed by atoms with Gasteiger partial charge >= 0.3 is 0 Å². The van der Waals surface area contributed by atoms with Crippen molar-refractivity contribution in [2.24, 2.45) is 0 Å². The summed E-state index contributed by atoms with van der Waals surface area (Å²) in [4.78, 5) is 27.4. The first-order valence-corrected chi connectivity index (χ1v) is 11.2. The van der Waals surface area contributed by atoms with Crippen LogP contribution >= 0.6 is 0 Å². The molecular formula is C26H36N2O3. The quantitative estimate of drug-likeness (QED) is 0.575. The van der Waals surface area contributed by atoms with Gasteiger partial charge in [0.2, 0.25) is 5.91 Å². The molecule has 0 aliphatic heterocycles. The molecule has 0 saturated carbocycles. The van der Waals surface area contributed by atoms with Crippen LogP contribution in [0.4, 0.5) is 0 Å². The standard InChI is InChI=1S/C26H36N2O3/c1-6-20(4)27-26(30)21(5)28(17-16-22-10-8-7-9-11-22)25(29)18-31-24-14-12-23(13-15-24)19(2)3/h7-15,19-21H,6,16-18H2,1-5H3,(H,27,30)/t20-,21-/m0/s1. The van der Waals surface area contributed by atoms with Crippen molar-refractivity contribution in [2.45, 2.75) is 65.5 Å². The molecule has 168 valence electrons. The summed E-state index contributed by atoms with van der Waals surface area (Å²) in [6, 6.07) is 17.3. The Kier molecular flexibility index (Phi) is 9.57. The summed E-state index contributed by atoms with van der Waals surface area (Å²) >= 11 is 0. The third kappa shape index (κ3) is 7.74. The van der Waals surface area contributed by atoms with Crippen LogP contribution in [0.2, 0.25) is 0 Å².